The van der Waals surface area contributed by atoms with E-state index in [1.54, 1.807) is 26.2 Å². The average molecular weight is 293 g/mol. The Kier molecular flexibility index (Phi) is 3.95. The van der Waals surface area contributed by atoms with E-state index in [0.717, 1.165) is 13.0 Å². The van der Waals surface area contributed by atoms with Crippen molar-refractivity contribution in [3.05, 3.63) is 35.1 Å². The van der Waals surface area contributed by atoms with Crippen LogP contribution in [0.25, 0.3) is 0 Å². The van der Waals surface area contributed by atoms with E-state index in [-0.39, 0.29) is 29.8 Å². The number of amides is 1. The fraction of sp³-hybridized carbons (Fsp3) is 0.562. The number of benzene rings is 1. The Morgan fingerprint density at radius 1 is 1.52 bits per heavy atom. The molecule has 1 aliphatic heterocycles. The zero-order valence-corrected chi connectivity index (χ0v) is 12.3. The lowest BCUT2D eigenvalue weighted by Crippen LogP contribution is -2.62. The summed E-state index contributed by atoms with van der Waals surface area (Å²) in [5.41, 5.74) is 0.897. The molecule has 3 rings (SSSR count). The summed E-state index contributed by atoms with van der Waals surface area (Å²) >= 11 is 0. The predicted octanol–water partition coefficient (Wildman–Crippen LogP) is 1.91. The molecule has 21 heavy (non-hydrogen) atoms. The number of carbonyl (C=O) groups excluding carboxylic acids is 1. The lowest BCUT2D eigenvalue weighted by atomic mass is 9.67. The molecule has 1 saturated carbocycles. The van der Waals surface area contributed by atoms with Gasteiger partial charge in [-0.05, 0) is 31.0 Å². The zero-order chi connectivity index (χ0) is 15.0. The van der Waals surface area contributed by atoms with Gasteiger partial charge < -0.3 is 14.8 Å². The molecule has 114 valence electrons. The Labute approximate surface area is 123 Å². The zero-order valence-electron chi connectivity index (χ0n) is 12.3. The van der Waals surface area contributed by atoms with E-state index in [0.29, 0.717) is 23.7 Å². The average Bonchev–Trinajstić information content (AvgIpc) is 2.89. The summed E-state index contributed by atoms with van der Waals surface area (Å²) in [6.45, 7) is 2.98. The quantitative estimate of drug-likeness (QED) is 0.922. The maximum atomic E-state index is 13.6. The first-order valence-corrected chi connectivity index (χ1v) is 7.29. The second kappa shape index (κ2) is 5.73. The minimum Gasteiger partial charge on any atom is -0.384 e. The number of methoxy groups -OCH3 is 1. The summed E-state index contributed by atoms with van der Waals surface area (Å²) < 4.78 is 24.5. The minimum absolute atomic E-state index is 0.0503. The van der Waals surface area contributed by atoms with Gasteiger partial charge in [0.05, 0.1) is 12.7 Å². The van der Waals surface area contributed by atoms with Gasteiger partial charge in [0.15, 0.2) is 0 Å². The van der Waals surface area contributed by atoms with Gasteiger partial charge in [0.1, 0.15) is 5.82 Å². The minimum atomic E-state index is -0.355. The number of halogens is 1. The molecule has 5 heteroatoms. The summed E-state index contributed by atoms with van der Waals surface area (Å²) in [7, 11) is 1.65. The fourth-order valence-corrected chi connectivity index (χ4v) is 3.40. The van der Waals surface area contributed by atoms with Crippen LogP contribution in [0.3, 0.4) is 0 Å². The summed E-state index contributed by atoms with van der Waals surface area (Å²) in [6, 6.07) is 4.62. The third kappa shape index (κ3) is 2.56. The summed E-state index contributed by atoms with van der Waals surface area (Å²) in [5, 5.41) is 3.02. The lowest BCUT2D eigenvalue weighted by molar-refractivity contribution is -0.0809. The van der Waals surface area contributed by atoms with Gasteiger partial charge in [-0.15, -0.1) is 0 Å². The number of aryl methyl sites for hydroxylation is 1. The smallest absolute Gasteiger partial charge is 0.251 e. The SMILES string of the molecule is COC[C@@H]1[C@H](NC(=O)c2ccc(C)c(F)c2)[C@@H]2CCO[C@H]12. The van der Waals surface area contributed by atoms with Crippen molar-refractivity contribution in [3.8, 4) is 0 Å². The summed E-state index contributed by atoms with van der Waals surface area (Å²) in [5.74, 6) is -0.0525. The van der Waals surface area contributed by atoms with E-state index in [2.05, 4.69) is 5.32 Å². The van der Waals surface area contributed by atoms with Crippen LogP contribution in [0.1, 0.15) is 22.3 Å². The fourth-order valence-electron chi connectivity index (χ4n) is 3.40. The Bertz CT molecular complexity index is 548. The van der Waals surface area contributed by atoms with E-state index in [4.69, 9.17) is 9.47 Å². The van der Waals surface area contributed by atoms with Crippen LogP contribution in [0.15, 0.2) is 18.2 Å². The van der Waals surface area contributed by atoms with Crippen LogP contribution in [0, 0.1) is 24.6 Å². The molecule has 1 aromatic carbocycles. The maximum absolute atomic E-state index is 13.6. The number of rotatable bonds is 4. The molecule has 1 aromatic rings. The van der Waals surface area contributed by atoms with Crippen molar-refractivity contribution < 1.29 is 18.7 Å². The van der Waals surface area contributed by atoms with E-state index in [1.165, 1.54) is 6.07 Å². The van der Waals surface area contributed by atoms with Crippen molar-refractivity contribution in [3.63, 3.8) is 0 Å². The second-order valence-electron chi connectivity index (χ2n) is 5.87. The summed E-state index contributed by atoms with van der Waals surface area (Å²) in [4.78, 5) is 12.3. The molecule has 4 nitrogen and oxygen atoms in total. The van der Waals surface area contributed by atoms with Gasteiger partial charge in [0.2, 0.25) is 0 Å². The van der Waals surface area contributed by atoms with Crippen LogP contribution in [-0.4, -0.2) is 38.4 Å². The Balaban J connectivity index is 1.70. The first kappa shape index (κ1) is 14.5. The molecule has 2 aliphatic rings. The van der Waals surface area contributed by atoms with Crippen LogP contribution >= 0.6 is 0 Å². The van der Waals surface area contributed by atoms with Crippen LogP contribution in [0.5, 0.6) is 0 Å². The van der Waals surface area contributed by atoms with Crippen molar-refractivity contribution in [1.29, 1.82) is 0 Å². The highest BCUT2D eigenvalue weighted by atomic mass is 19.1. The molecule has 2 fully saturated rings. The van der Waals surface area contributed by atoms with Gasteiger partial charge in [-0.2, -0.15) is 0 Å². The number of hydrogen-bond acceptors (Lipinski definition) is 3. The standard InChI is InChI=1S/C16H20FNO3/c1-9-3-4-10(7-13(9)17)16(19)18-14-11-5-6-21-15(11)12(14)8-20-2/h3-4,7,11-12,14-15H,5-6,8H2,1-2H3,(H,18,19)/t11-,12+,14+,15-/m0/s1. The number of carbonyl (C=O) groups is 1. The molecule has 0 bridgehead atoms. The van der Waals surface area contributed by atoms with Crippen LogP contribution in [-0.2, 0) is 9.47 Å². The molecular weight excluding hydrogens is 273 g/mol. The van der Waals surface area contributed by atoms with Gasteiger partial charge in [-0.1, -0.05) is 6.07 Å². The van der Waals surface area contributed by atoms with Gasteiger partial charge in [0, 0.05) is 37.2 Å². The molecule has 1 heterocycles. The van der Waals surface area contributed by atoms with E-state index >= 15 is 0 Å². The van der Waals surface area contributed by atoms with Crippen molar-refractivity contribution >= 4 is 5.91 Å². The molecular formula is C16H20FNO3. The molecule has 0 spiro atoms. The molecule has 0 aromatic heterocycles. The second-order valence-corrected chi connectivity index (χ2v) is 5.87. The Morgan fingerprint density at radius 3 is 3.05 bits per heavy atom. The first-order valence-electron chi connectivity index (χ1n) is 7.29. The highest BCUT2D eigenvalue weighted by Gasteiger charge is 2.54. The van der Waals surface area contributed by atoms with Crippen LogP contribution in [0.4, 0.5) is 4.39 Å². The molecule has 1 aliphatic carbocycles. The van der Waals surface area contributed by atoms with Crippen molar-refractivity contribution in [1.82, 2.24) is 5.32 Å². The monoisotopic (exact) mass is 293 g/mol. The molecule has 1 saturated heterocycles. The third-order valence-corrected chi connectivity index (χ3v) is 4.62. The van der Waals surface area contributed by atoms with Crippen LogP contribution < -0.4 is 5.32 Å². The van der Waals surface area contributed by atoms with Gasteiger partial charge >= 0.3 is 0 Å². The van der Waals surface area contributed by atoms with Crippen molar-refractivity contribution in [2.45, 2.75) is 25.5 Å². The third-order valence-electron chi connectivity index (χ3n) is 4.62. The highest BCUT2D eigenvalue weighted by Crippen LogP contribution is 2.43. The van der Waals surface area contributed by atoms with E-state index in [9.17, 15) is 9.18 Å². The van der Waals surface area contributed by atoms with E-state index < -0.39 is 0 Å². The van der Waals surface area contributed by atoms with Crippen molar-refractivity contribution in [2.24, 2.45) is 11.8 Å². The lowest BCUT2D eigenvalue weighted by Gasteiger charge is -2.47. The van der Waals surface area contributed by atoms with Gasteiger partial charge in [-0.3, -0.25) is 4.79 Å². The van der Waals surface area contributed by atoms with E-state index in [1.807, 2.05) is 0 Å². The number of ether oxygens (including phenoxy) is 2. The van der Waals surface area contributed by atoms with Crippen molar-refractivity contribution in [2.75, 3.05) is 20.3 Å². The first-order chi connectivity index (χ1) is 10.1. The molecule has 1 amide bonds. The predicted molar refractivity (Wildman–Crippen MR) is 75.6 cm³/mol. The van der Waals surface area contributed by atoms with Gasteiger partial charge in [0.25, 0.3) is 5.91 Å². The topological polar surface area (TPSA) is 47.6 Å². The summed E-state index contributed by atoms with van der Waals surface area (Å²) in [6.07, 6.45) is 1.14. The van der Waals surface area contributed by atoms with Crippen LogP contribution in [0.2, 0.25) is 0 Å². The Hall–Kier alpha value is -1.46. The highest BCUT2D eigenvalue weighted by molar-refractivity contribution is 5.94. The Morgan fingerprint density at radius 2 is 2.33 bits per heavy atom. The number of fused-ring (bicyclic) bond motifs is 1. The molecule has 1 N–H and O–H groups in total. The largest absolute Gasteiger partial charge is 0.384 e. The molecule has 4 atom stereocenters. The molecule has 0 radical (unpaired) electrons. The molecule has 0 unspecified atom stereocenters. The van der Waals surface area contributed by atoms with Gasteiger partial charge in [-0.25, -0.2) is 4.39 Å². The maximum Gasteiger partial charge on any atom is 0.251 e. The number of nitrogens with one attached hydrogen (secondary N) is 1. The number of hydrogen-bond donors (Lipinski definition) is 1. The normalized spacial score (nSPS) is 30.6.